The first kappa shape index (κ1) is 42.0. The number of piperidine rings is 1. The molecule has 0 radical (unpaired) electrons. The number of sulfonamides is 1. The second-order valence-corrected chi connectivity index (χ2v) is 18.7. The van der Waals surface area contributed by atoms with Gasteiger partial charge in [-0.3, -0.25) is 14.4 Å². The van der Waals surface area contributed by atoms with Gasteiger partial charge in [-0.1, -0.05) is 85.7 Å². The molecule has 16 heteroatoms. The zero-order valence-corrected chi connectivity index (χ0v) is 32.1. The summed E-state index contributed by atoms with van der Waals surface area (Å²) in [6.07, 6.45) is -3.96. The summed E-state index contributed by atoms with van der Waals surface area (Å²) in [5.74, 6) is -2.61. The molecule has 1 aliphatic heterocycles. The molecule has 0 bridgehead atoms. The van der Waals surface area contributed by atoms with Crippen molar-refractivity contribution in [2.75, 3.05) is 32.9 Å². The van der Waals surface area contributed by atoms with Crippen LogP contribution in [0.25, 0.3) is 0 Å². The second-order valence-electron chi connectivity index (χ2n) is 16.6. The molecule has 288 valence electrons. The molecule has 2 aliphatic rings. The summed E-state index contributed by atoms with van der Waals surface area (Å²) in [5, 5.41) is 21.0. The number of rotatable bonds is 14. The molecular formula is C35H56F2N6O7S. The third kappa shape index (κ3) is 10.6. The average Bonchev–Trinajstić information content (AvgIpc) is 3.31. The van der Waals surface area contributed by atoms with E-state index in [1.54, 1.807) is 51.1 Å². The predicted molar refractivity (Wildman–Crippen MR) is 189 cm³/mol. The number of fused-ring (bicyclic) bond motifs is 1. The van der Waals surface area contributed by atoms with Crippen LogP contribution >= 0.6 is 0 Å². The molecule has 1 unspecified atom stereocenters. The van der Waals surface area contributed by atoms with Gasteiger partial charge in [-0.25, -0.2) is 26.3 Å². The van der Waals surface area contributed by atoms with Crippen LogP contribution in [0.15, 0.2) is 30.3 Å². The minimum absolute atomic E-state index is 0.0186. The van der Waals surface area contributed by atoms with Crippen LogP contribution < -0.4 is 21.3 Å². The normalized spacial score (nSPS) is 22.4. The fraction of sp³-hybridized carbons (Fsp3) is 0.714. The smallest absolute Gasteiger partial charge is 0.315 e. The first-order valence-electron chi connectivity index (χ1n) is 17.1. The second kappa shape index (κ2) is 15.7. The Bertz CT molecular complexity index is 1530. The highest BCUT2D eigenvalue weighted by molar-refractivity contribution is 7.88. The van der Waals surface area contributed by atoms with Gasteiger partial charge in [0.2, 0.25) is 34.2 Å². The maximum Gasteiger partial charge on any atom is 0.315 e. The molecule has 1 aromatic carbocycles. The van der Waals surface area contributed by atoms with Gasteiger partial charge in [0.25, 0.3) is 0 Å². The summed E-state index contributed by atoms with van der Waals surface area (Å²) in [5.41, 5.74) is -1.24. The van der Waals surface area contributed by atoms with Crippen molar-refractivity contribution in [3.8, 4) is 0 Å². The van der Waals surface area contributed by atoms with Crippen molar-refractivity contribution in [2.24, 2.45) is 28.1 Å². The molecule has 0 aromatic heterocycles. The monoisotopic (exact) mass is 742 g/mol. The summed E-state index contributed by atoms with van der Waals surface area (Å²) in [6, 6.07) is 3.25. The number of nitrogens with zero attached hydrogens (tertiary/aromatic N) is 2. The van der Waals surface area contributed by atoms with E-state index in [0.717, 1.165) is 10.6 Å². The third-order valence-electron chi connectivity index (χ3n) is 10.2. The molecule has 1 aliphatic carbocycles. The molecule has 7 atom stereocenters. The molecule has 1 saturated carbocycles. The summed E-state index contributed by atoms with van der Waals surface area (Å²) >= 11 is 0. The van der Waals surface area contributed by atoms with E-state index in [-0.39, 0.29) is 36.9 Å². The number of carbonyl (C=O) groups is 4. The zero-order chi connectivity index (χ0) is 38.9. The van der Waals surface area contributed by atoms with E-state index in [9.17, 15) is 41.5 Å². The summed E-state index contributed by atoms with van der Waals surface area (Å²) in [4.78, 5) is 56.2. The van der Waals surface area contributed by atoms with E-state index in [2.05, 4.69) is 21.3 Å². The number of carbonyl (C=O) groups excluding carboxylic acids is 4. The molecule has 5 N–H and O–H groups in total. The quantitative estimate of drug-likeness (QED) is 0.195. The van der Waals surface area contributed by atoms with Crippen molar-refractivity contribution in [3.05, 3.63) is 35.9 Å². The Morgan fingerprint density at radius 1 is 1.00 bits per heavy atom. The van der Waals surface area contributed by atoms with Crippen LogP contribution in [0.1, 0.15) is 73.5 Å². The number of benzene rings is 1. The Morgan fingerprint density at radius 2 is 1.59 bits per heavy atom. The topological polar surface area (TPSA) is 177 Å². The van der Waals surface area contributed by atoms with Crippen molar-refractivity contribution in [2.45, 2.75) is 98.5 Å². The number of urea groups is 1. The van der Waals surface area contributed by atoms with E-state index in [1.807, 2.05) is 34.6 Å². The van der Waals surface area contributed by atoms with Crippen LogP contribution in [0, 0.1) is 28.1 Å². The van der Waals surface area contributed by atoms with Crippen LogP contribution in [0.3, 0.4) is 0 Å². The van der Waals surface area contributed by atoms with Gasteiger partial charge >= 0.3 is 6.03 Å². The molecule has 1 heterocycles. The van der Waals surface area contributed by atoms with Gasteiger partial charge in [0, 0.05) is 39.1 Å². The zero-order valence-electron chi connectivity index (χ0n) is 31.3. The van der Waals surface area contributed by atoms with E-state index in [0.29, 0.717) is 5.56 Å². The molecule has 5 amide bonds. The number of hydrogen-bond acceptors (Lipinski definition) is 7. The minimum Gasteiger partial charge on any atom is -0.387 e. The number of likely N-dealkylation sites (tertiary alicyclic amines) is 1. The summed E-state index contributed by atoms with van der Waals surface area (Å²) in [7, 11) is -2.14. The Morgan fingerprint density at radius 3 is 2.10 bits per heavy atom. The van der Waals surface area contributed by atoms with Crippen molar-refractivity contribution < 1.29 is 41.5 Å². The fourth-order valence-electron chi connectivity index (χ4n) is 6.67. The number of likely N-dealkylation sites (N-methyl/N-ethyl adjacent to an activating group) is 1. The SMILES string of the molecule is CN(C[C@@H](NC(=O)N[C@H](C(=O)N1C[C@H]2[C@@H]([C@H]1C(=O)N[C@@H](CC(F)F)C(=O)NCC(O)c1ccccc1)C2(C)C)C(C)(C)C)C(C)(C)C)S(C)(=O)=O. The number of aliphatic hydroxyl groups excluding tert-OH is 1. The van der Waals surface area contributed by atoms with Crippen LogP contribution in [0.2, 0.25) is 0 Å². The molecular weight excluding hydrogens is 686 g/mol. The lowest BCUT2D eigenvalue weighted by molar-refractivity contribution is -0.144. The van der Waals surface area contributed by atoms with Crippen molar-refractivity contribution in [3.63, 3.8) is 0 Å². The number of aliphatic hydroxyl groups is 1. The first-order valence-corrected chi connectivity index (χ1v) is 19.0. The minimum atomic E-state index is -3.54. The Kier molecular flexibility index (Phi) is 12.9. The lowest BCUT2D eigenvalue weighted by atomic mass is 9.85. The highest BCUT2D eigenvalue weighted by atomic mass is 32.2. The Balaban J connectivity index is 1.81. The van der Waals surface area contributed by atoms with Gasteiger partial charge in [-0.15, -0.1) is 0 Å². The molecule has 3 rings (SSSR count). The number of nitrogens with one attached hydrogen (secondary N) is 4. The van der Waals surface area contributed by atoms with Crippen LogP contribution in [-0.4, -0.2) is 110 Å². The van der Waals surface area contributed by atoms with Crippen LogP contribution in [0.4, 0.5) is 13.6 Å². The first-order chi connectivity index (χ1) is 23.3. The van der Waals surface area contributed by atoms with E-state index < -0.39 is 87.7 Å². The highest BCUT2D eigenvalue weighted by Gasteiger charge is 2.70. The van der Waals surface area contributed by atoms with Gasteiger partial charge in [0.15, 0.2) is 0 Å². The fourth-order valence-corrected chi connectivity index (χ4v) is 7.09. The highest BCUT2D eigenvalue weighted by Crippen LogP contribution is 2.65. The Labute approximate surface area is 300 Å². The van der Waals surface area contributed by atoms with E-state index in [4.69, 9.17) is 0 Å². The summed E-state index contributed by atoms with van der Waals surface area (Å²) in [6.45, 7) is 14.6. The number of alkyl halides is 2. The molecule has 2 fully saturated rings. The maximum absolute atomic E-state index is 14.3. The number of halogens is 2. The lowest BCUT2D eigenvalue weighted by Gasteiger charge is -2.39. The molecule has 13 nitrogen and oxygen atoms in total. The third-order valence-corrected chi connectivity index (χ3v) is 11.5. The predicted octanol–water partition coefficient (Wildman–Crippen LogP) is 2.48. The average molecular weight is 743 g/mol. The van der Waals surface area contributed by atoms with Crippen molar-refractivity contribution in [1.82, 2.24) is 30.5 Å². The van der Waals surface area contributed by atoms with E-state index in [1.165, 1.54) is 11.9 Å². The van der Waals surface area contributed by atoms with Gasteiger partial charge in [0.05, 0.1) is 12.4 Å². The summed E-state index contributed by atoms with van der Waals surface area (Å²) < 4.78 is 52.7. The van der Waals surface area contributed by atoms with Crippen LogP contribution in [-0.2, 0) is 24.4 Å². The van der Waals surface area contributed by atoms with Gasteiger partial charge in [-0.2, -0.15) is 0 Å². The largest absolute Gasteiger partial charge is 0.387 e. The van der Waals surface area contributed by atoms with Gasteiger partial charge in [-0.05, 0) is 33.6 Å². The standard InChI is InChI=1S/C35H56F2N6O7S/c1-33(2,3)24(19-42(9)51(10,49)50)40-32(48)41-28(34(4,5)6)31(47)43-18-21-26(35(21,7)8)27(43)30(46)39-22(16-25(36)37)29(45)38-17-23(44)20-14-12-11-13-15-20/h11-15,21-28,44H,16-19H2,1-10H3,(H,38,45)(H,39,46)(H2,40,41,48)/t21-,22-,23?,24+,26-,27-,28+/m0/s1. The van der Waals surface area contributed by atoms with Gasteiger partial charge < -0.3 is 31.3 Å². The van der Waals surface area contributed by atoms with Gasteiger partial charge in [0.1, 0.15) is 18.1 Å². The number of amides is 5. The van der Waals surface area contributed by atoms with Crippen molar-refractivity contribution in [1.29, 1.82) is 0 Å². The maximum atomic E-state index is 14.3. The van der Waals surface area contributed by atoms with Crippen molar-refractivity contribution >= 4 is 33.8 Å². The van der Waals surface area contributed by atoms with E-state index >= 15 is 0 Å². The number of hydrogen-bond donors (Lipinski definition) is 5. The molecule has 1 saturated heterocycles. The van der Waals surface area contributed by atoms with Crippen LogP contribution in [0.5, 0.6) is 0 Å². The molecule has 0 spiro atoms. The molecule has 51 heavy (non-hydrogen) atoms. The Hall–Kier alpha value is -3.37. The lowest BCUT2D eigenvalue weighted by Crippen LogP contribution is -2.62. The molecule has 1 aromatic rings.